The molecule has 182 valence electrons. The second-order valence-corrected chi connectivity index (χ2v) is 9.45. The molecule has 0 bridgehead atoms. The van der Waals surface area contributed by atoms with Gasteiger partial charge in [0.2, 0.25) is 0 Å². The van der Waals surface area contributed by atoms with E-state index in [1.54, 1.807) is 48.5 Å². The number of aliphatic hydroxyl groups is 1. The molecule has 3 aromatic carbocycles. The van der Waals surface area contributed by atoms with Gasteiger partial charge in [-0.25, -0.2) is 4.98 Å². The van der Waals surface area contributed by atoms with E-state index in [4.69, 9.17) is 21.1 Å². The number of methoxy groups -OCH3 is 1. The number of carbonyl (C=O) groups excluding carboxylic acids is 2. The first kappa shape index (κ1) is 23.8. The second kappa shape index (κ2) is 9.64. The predicted molar refractivity (Wildman–Crippen MR) is 140 cm³/mol. The highest BCUT2D eigenvalue weighted by molar-refractivity contribution is 7.22. The number of aliphatic hydroxyl groups excluding tert-OH is 1. The molecule has 0 saturated carbocycles. The van der Waals surface area contributed by atoms with E-state index >= 15 is 0 Å². The molecule has 0 aliphatic carbocycles. The lowest BCUT2D eigenvalue weighted by atomic mass is 9.95. The fraction of sp³-hybridized carbons (Fsp3) is 0.148. The summed E-state index contributed by atoms with van der Waals surface area (Å²) in [6.07, 6.45) is 0. The molecule has 0 unspecified atom stereocenters. The average Bonchev–Trinajstić information content (AvgIpc) is 3.42. The minimum atomic E-state index is -0.892. The number of rotatable bonds is 6. The number of thiazole rings is 1. The van der Waals surface area contributed by atoms with Gasteiger partial charge < -0.3 is 14.6 Å². The van der Waals surface area contributed by atoms with Crippen LogP contribution in [0.15, 0.2) is 72.3 Å². The van der Waals surface area contributed by atoms with Crippen LogP contribution in [0.2, 0.25) is 5.02 Å². The minimum Gasteiger partial charge on any atom is -0.507 e. The van der Waals surface area contributed by atoms with Crippen molar-refractivity contribution in [2.75, 3.05) is 18.6 Å². The number of ether oxygens (including phenoxy) is 2. The van der Waals surface area contributed by atoms with Crippen LogP contribution in [0, 0.1) is 0 Å². The SMILES string of the molecule is CCOc1ccc2nc(N3C(=O)C(=O)C(=C(O)c4ccc(OC)cc4)[C@@H]3c3ccc(Cl)cc3)sc2c1. The van der Waals surface area contributed by atoms with E-state index in [9.17, 15) is 14.7 Å². The molecular weight excluding hydrogens is 500 g/mol. The minimum absolute atomic E-state index is 0.0262. The molecule has 1 amide bonds. The van der Waals surface area contributed by atoms with Gasteiger partial charge in [-0.3, -0.25) is 14.5 Å². The zero-order chi connectivity index (χ0) is 25.4. The molecule has 1 fully saturated rings. The van der Waals surface area contributed by atoms with Crippen molar-refractivity contribution in [3.63, 3.8) is 0 Å². The van der Waals surface area contributed by atoms with Crippen LogP contribution in [0.3, 0.4) is 0 Å². The van der Waals surface area contributed by atoms with Gasteiger partial charge in [0.25, 0.3) is 5.78 Å². The number of fused-ring (bicyclic) bond motifs is 1. The number of aromatic nitrogens is 1. The quantitative estimate of drug-likeness (QED) is 0.191. The van der Waals surface area contributed by atoms with Crippen LogP contribution in [0.4, 0.5) is 5.13 Å². The van der Waals surface area contributed by atoms with Gasteiger partial charge >= 0.3 is 5.91 Å². The van der Waals surface area contributed by atoms with Gasteiger partial charge in [-0.2, -0.15) is 0 Å². The lowest BCUT2D eigenvalue weighted by Crippen LogP contribution is -2.29. The number of ketones is 1. The highest BCUT2D eigenvalue weighted by atomic mass is 35.5. The molecule has 0 radical (unpaired) electrons. The summed E-state index contributed by atoms with van der Waals surface area (Å²) in [6.45, 7) is 2.42. The zero-order valence-electron chi connectivity index (χ0n) is 19.4. The van der Waals surface area contributed by atoms with E-state index in [2.05, 4.69) is 4.98 Å². The van der Waals surface area contributed by atoms with Crippen LogP contribution in [-0.4, -0.2) is 35.5 Å². The van der Waals surface area contributed by atoms with Crippen molar-refractivity contribution in [3.8, 4) is 11.5 Å². The normalized spacial score (nSPS) is 17.1. The van der Waals surface area contributed by atoms with Crippen molar-refractivity contribution < 1.29 is 24.2 Å². The number of hydrogen-bond donors (Lipinski definition) is 1. The smallest absolute Gasteiger partial charge is 0.301 e. The van der Waals surface area contributed by atoms with Crippen molar-refractivity contribution >= 4 is 55.7 Å². The molecule has 1 N–H and O–H groups in total. The van der Waals surface area contributed by atoms with Gasteiger partial charge in [-0.1, -0.05) is 35.1 Å². The van der Waals surface area contributed by atoms with E-state index in [0.717, 1.165) is 4.70 Å². The van der Waals surface area contributed by atoms with Crippen LogP contribution < -0.4 is 14.4 Å². The highest BCUT2D eigenvalue weighted by Gasteiger charge is 2.48. The molecule has 1 saturated heterocycles. The third-order valence-corrected chi connectivity index (χ3v) is 7.13. The van der Waals surface area contributed by atoms with Gasteiger partial charge in [-0.05, 0) is 67.1 Å². The number of Topliss-reactive ketones (excluding diaryl/α,β-unsaturated/α-hetero) is 1. The van der Waals surface area contributed by atoms with E-state index in [1.807, 2.05) is 25.1 Å². The number of halogens is 1. The summed E-state index contributed by atoms with van der Waals surface area (Å²) in [4.78, 5) is 32.7. The van der Waals surface area contributed by atoms with Crippen LogP contribution in [0.25, 0.3) is 16.0 Å². The highest BCUT2D eigenvalue weighted by Crippen LogP contribution is 2.44. The number of amides is 1. The summed E-state index contributed by atoms with van der Waals surface area (Å²) >= 11 is 7.37. The van der Waals surface area contributed by atoms with Gasteiger partial charge in [0.15, 0.2) is 5.13 Å². The molecule has 1 aliphatic heterocycles. The first-order chi connectivity index (χ1) is 17.4. The van der Waals surface area contributed by atoms with E-state index in [1.165, 1.54) is 23.3 Å². The maximum atomic E-state index is 13.4. The molecule has 4 aromatic rings. The van der Waals surface area contributed by atoms with E-state index in [-0.39, 0.29) is 11.3 Å². The first-order valence-corrected chi connectivity index (χ1v) is 12.3. The maximum absolute atomic E-state index is 13.4. The topological polar surface area (TPSA) is 89.0 Å². The summed E-state index contributed by atoms with van der Waals surface area (Å²) in [5.41, 5.74) is 1.65. The lowest BCUT2D eigenvalue weighted by Gasteiger charge is -2.23. The van der Waals surface area contributed by atoms with Crippen molar-refractivity contribution in [1.82, 2.24) is 4.98 Å². The Balaban J connectivity index is 1.67. The zero-order valence-corrected chi connectivity index (χ0v) is 21.0. The first-order valence-electron chi connectivity index (χ1n) is 11.2. The Kier molecular flexibility index (Phi) is 6.38. The summed E-state index contributed by atoms with van der Waals surface area (Å²) < 4.78 is 11.6. The number of hydrogen-bond acceptors (Lipinski definition) is 7. The van der Waals surface area contributed by atoms with Crippen molar-refractivity contribution in [2.24, 2.45) is 0 Å². The third-order valence-electron chi connectivity index (χ3n) is 5.86. The molecule has 5 rings (SSSR count). The Morgan fingerprint density at radius 1 is 1.06 bits per heavy atom. The molecule has 36 heavy (non-hydrogen) atoms. The standard InChI is InChI=1S/C27H21ClN2O5S/c1-3-35-19-12-13-20-21(14-19)36-27(29-20)30-23(15-4-8-17(28)9-5-15)22(25(32)26(30)33)24(31)16-6-10-18(34-2)11-7-16/h4-14,23,31H,3H2,1-2H3/t23-/m0/s1. The van der Waals surface area contributed by atoms with E-state index < -0.39 is 17.7 Å². The molecule has 1 aromatic heterocycles. The molecular formula is C27H21ClN2O5S. The second-order valence-electron chi connectivity index (χ2n) is 8.01. The molecule has 2 heterocycles. The molecule has 9 heteroatoms. The fourth-order valence-corrected chi connectivity index (χ4v) is 5.29. The average molecular weight is 521 g/mol. The van der Waals surface area contributed by atoms with Crippen LogP contribution >= 0.6 is 22.9 Å². The monoisotopic (exact) mass is 520 g/mol. The van der Waals surface area contributed by atoms with Crippen molar-refractivity contribution in [2.45, 2.75) is 13.0 Å². The van der Waals surface area contributed by atoms with Crippen LogP contribution in [0.1, 0.15) is 24.1 Å². The van der Waals surface area contributed by atoms with E-state index in [0.29, 0.717) is 44.9 Å². The fourth-order valence-electron chi connectivity index (χ4n) is 4.15. The largest absolute Gasteiger partial charge is 0.507 e. The van der Waals surface area contributed by atoms with Gasteiger partial charge in [0, 0.05) is 10.6 Å². The summed E-state index contributed by atoms with van der Waals surface area (Å²) in [7, 11) is 1.54. The lowest BCUT2D eigenvalue weighted by molar-refractivity contribution is -0.132. The number of carbonyl (C=O) groups is 2. The Labute approximate surface area is 216 Å². The Morgan fingerprint density at radius 2 is 1.75 bits per heavy atom. The van der Waals surface area contributed by atoms with Crippen LogP contribution in [0.5, 0.6) is 11.5 Å². The van der Waals surface area contributed by atoms with Crippen LogP contribution in [-0.2, 0) is 9.59 Å². The van der Waals surface area contributed by atoms with Crippen molar-refractivity contribution in [3.05, 3.63) is 88.5 Å². The molecule has 1 atom stereocenters. The summed E-state index contributed by atoms with van der Waals surface area (Å²) in [5.74, 6) is -0.553. The molecule has 7 nitrogen and oxygen atoms in total. The molecule has 0 spiro atoms. The third kappa shape index (κ3) is 4.19. The maximum Gasteiger partial charge on any atom is 0.301 e. The predicted octanol–water partition coefficient (Wildman–Crippen LogP) is 5.98. The number of nitrogens with zero attached hydrogens (tertiary/aromatic N) is 2. The van der Waals surface area contributed by atoms with Crippen molar-refractivity contribution in [1.29, 1.82) is 0 Å². The summed E-state index contributed by atoms with van der Waals surface area (Å²) in [6, 6.07) is 18.0. The van der Waals surface area contributed by atoms with Gasteiger partial charge in [0.1, 0.15) is 17.3 Å². The van der Waals surface area contributed by atoms with Gasteiger partial charge in [0.05, 0.1) is 35.5 Å². The Morgan fingerprint density at radius 3 is 2.42 bits per heavy atom. The van der Waals surface area contributed by atoms with Gasteiger partial charge in [-0.15, -0.1) is 0 Å². The summed E-state index contributed by atoms with van der Waals surface area (Å²) in [5, 5.41) is 12.1. The Hall–Kier alpha value is -3.88. The Bertz CT molecular complexity index is 1500. The molecule has 1 aliphatic rings. The number of benzene rings is 3. The number of anilines is 1.